The van der Waals surface area contributed by atoms with Crippen LogP contribution < -0.4 is 9.47 Å². The molecule has 0 amide bonds. The summed E-state index contributed by atoms with van der Waals surface area (Å²) in [5.41, 5.74) is 2.11. The lowest BCUT2D eigenvalue weighted by molar-refractivity contribution is 0.152. The number of hydrogen-bond donors (Lipinski definition) is 0. The number of halogens is 2. The Morgan fingerprint density at radius 1 is 1.07 bits per heavy atom. The highest BCUT2D eigenvalue weighted by Crippen LogP contribution is 2.31. The van der Waals surface area contributed by atoms with Gasteiger partial charge in [0.15, 0.2) is 0 Å². The third-order valence-corrected chi connectivity index (χ3v) is 6.08. The van der Waals surface area contributed by atoms with Crippen molar-refractivity contribution >= 4 is 11.0 Å². The molecule has 0 N–H and O–H groups in total. The van der Waals surface area contributed by atoms with E-state index in [0.717, 1.165) is 74.1 Å². The summed E-state index contributed by atoms with van der Waals surface area (Å²) < 4.78 is 40.1. The largest absolute Gasteiger partial charge is 0.493 e. The van der Waals surface area contributed by atoms with Gasteiger partial charge in [0, 0.05) is 18.2 Å². The fourth-order valence-electron chi connectivity index (χ4n) is 4.51. The summed E-state index contributed by atoms with van der Waals surface area (Å²) in [5, 5.41) is 0. The van der Waals surface area contributed by atoms with E-state index in [-0.39, 0.29) is 5.75 Å². The Morgan fingerprint density at radius 2 is 1.87 bits per heavy atom. The van der Waals surface area contributed by atoms with Crippen molar-refractivity contribution in [1.82, 2.24) is 14.5 Å². The first kappa shape index (κ1) is 19.3. The molecule has 3 aromatic rings. The van der Waals surface area contributed by atoms with E-state index in [1.165, 1.54) is 12.1 Å². The number of para-hydroxylation sites is 1. The Morgan fingerprint density at radius 3 is 2.67 bits per heavy atom. The summed E-state index contributed by atoms with van der Waals surface area (Å²) in [6.07, 6.45) is 3.08. The quantitative estimate of drug-likeness (QED) is 0.601. The summed E-state index contributed by atoms with van der Waals surface area (Å²) in [4.78, 5) is 7.31. The fourth-order valence-corrected chi connectivity index (χ4v) is 4.51. The first-order chi connectivity index (χ1) is 14.7. The summed E-state index contributed by atoms with van der Waals surface area (Å²) in [6, 6.07) is 9.36. The lowest BCUT2D eigenvalue weighted by atomic mass is 9.94. The summed E-state index contributed by atoms with van der Waals surface area (Å²) >= 11 is 0. The predicted molar refractivity (Wildman–Crippen MR) is 110 cm³/mol. The number of hydrogen-bond acceptors (Lipinski definition) is 4. The molecule has 2 aliphatic heterocycles. The maximum absolute atomic E-state index is 13.2. The third kappa shape index (κ3) is 3.99. The maximum atomic E-state index is 13.2. The minimum atomic E-state index is -0.609. The van der Waals surface area contributed by atoms with E-state index in [2.05, 4.69) is 9.47 Å². The maximum Gasteiger partial charge on any atom is 0.145 e. The molecule has 158 valence electrons. The molecule has 5 nitrogen and oxygen atoms in total. The lowest BCUT2D eigenvalue weighted by Gasteiger charge is -2.32. The van der Waals surface area contributed by atoms with Crippen LogP contribution in [0.1, 0.15) is 25.1 Å². The minimum Gasteiger partial charge on any atom is -0.493 e. The van der Waals surface area contributed by atoms with Crippen LogP contribution in [0.25, 0.3) is 11.0 Å². The van der Waals surface area contributed by atoms with Crippen molar-refractivity contribution in [2.45, 2.75) is 32.4 Å². The zero-order valence-corrected chi connectivity index (χ0v) is 16.8. The van der Waals surface area contributed by atoms with Crippen LogP contribution in [0.3, 0.4) is 0 Å². The van der Waals surface area contributed by atoms with Crippen LogP contribution in [0, 0.1) is 17.6 Å². The Bertz CT molecular complexity index is 1020. The molecular weight excluding hydrogens is 388 g/mol. The van der Waals surface area contributed by atoms with Crippen LogP contribution in [0.2, 0.25) is 0 Å². The van der Waals surface area contributed by atoms with Crippen LogP contribution in [0.5, 0.6) is 11.5 Å². The molecule has 1 fully saturated rings. The Hall–Kier alpha value is -2.67. The molecule has 2 aliphatic rings. The number of imidazole rings is 1. The number of nitrogens with zero attached hydrogens (tertiary/aromatic N) is 3. The molecule has 0 radical (unpaired) electrons. The predicted octanol–water partition coefficient (Wildman–Crippen LogP) is 4.39. The molecule has 7 heteroatoms. The van der Waals surface area contributed by atoms with Gasteiger partial charge in [-0.1, -0.05) is 6.07 Å². The Labute approximate surface area is 174 Å². The van der Waals surface area contributed by atoms with Gasteiger partial charge in [0.2, 0.25) is 0 Å². The monoisotopic (exact) mass is 413 g/mol. The normalized spacial score (nSPS) is 17.3. The second-order valence-corrected chi connectivity index (χ2v) is 8.11. The molecule has 0 unspecified atom stereocenters. The van der Waals surface area contributed by atoms with E-state index in [9.17, 15) is 8.78 Å². The van der Waals surface area contributed by atoms with Crippen molar-refractivity contribution in [3.05, 3.63) is 53.9 Å². The van der Waals surface area contributed by atoms with Crippen LogP contribution in [0.15, 0.2) is 36.4 Å². The van der Waals surface area contributed by atoms with Gasteiger partial charge < -0.3 is 14.0 Å². The molecule has 0 spiro atoms. The number of piperidine rings is 1. The second-order valence-electron chi connectivity index (χ2n) is 8.11. The molecule has 0 aliphatic carbocycles. The van der Waals surface area contributed by atoms with Gasteiger partial charge in [-0.05, 0) is 50.4 Å². The Balaban J connectivity index is 1.14. The van der Waals surface area contributed by atoms with Crippen LogP contribution in [-0.2, 0) is 13.1 Å². The van der Waals surface area contributed by atoms with Crippen molar-refractivity contribution < 1.29 is 18.3 Å². The van der Waals surface area contributed by atoms with Gasteiger partial charge in [-0.25, -0.2) is 13.8 Å². The first-order valence-corrected chi connectivity index (χ1v) is 10.6. The van der Waals surface area contributed by atoms with E-state index in [4.69, 9.17) is 14.5 Å². The van der Waals surface area contributed by atoms with Gasteiger partial charge in [0.05, 0.1) is 25.2 Å². The average molecular weight is 413 g/mol. The van der Waals surface area contributed by atoms with Gasteiger partial charge in [-0.2, -0.15) is 0 Å². The van der Waals surface area contributed by atoms with E-state index in [1.54, 1.807) is 0 Å². The first-order valence-electron chi connectivity index (χ1n) is 10.6. The van der Waals surface area contributed by atoms with Crippen molar-refractivity contribution in [1.29, 1.82) is 0 Å². The van der Waals surface area contributed by atoms with Gasteiger partial charge in [0.25, 0.3) is 0 Å². The van der Waals surface area contributed by atoms with E-state index >= 15 is 0 Å². The topological polar surface area (TPSA) is 39.5 Å². The number of benzene rings is 2. The number of likely N-dealkylation sites (tertiary alicyclic amines) is 1. The zero-order chi connectivity index (χ0) is 20.5. The van der Waals surface area contributed by atoms with Crippen molar-refractivity contribution in [2.24, 2.45) is 5.92 Å². The third-order valence-electron chi connectivity index (χ3n) is 6.08. The minimum absolute atomic E-state index is 0.258. The molecule has 0 bridgehead atoms. The number of aromatic nitrogens is 2. The highest BCUT2D eigenvalue weighted by atomic mass is 19.1. The molecular formula is C23H25F2N3O2. The standard InChI is InChI=1S/C23H25F2N3O2/c24-17-12-18(25)14-19(13-17)29-10-6-16-4-7-27(8-5-16)15-22-26-20-2-1-3-21-23(20)28(22)9-11-30-21/h1-3,12-14,16H,4-11,15H2. The molecule has 30 heavy (non-hydrogen) atoms. The van der Waals surface area contributed by atoms with Gasteiger partial charge in [0.1, 0.15) is 41.1 Å². The van der Waals surface area contributed by atoms with E-state index in [0.29, 0.717) is 19.1 Å². The lowest BCUT2D eigenvalue weighted by Crippen LogP contribution is -2.34. The molecule has 2 aromatic carbocycles. The zero-order valence-electron chi connectivity index (χ0n) is 16.8. The van der Waals surface area contributed by atoms with Crippen LogP contribution >= 0.6 is 0 Å². The van der Waals surface area contributed by atoms with Crippen molar-refractivity contribution in [2.75, 3.05) is 26.3 Å². The highest BCUT2D eigenvalue weighted by molar-refractivity contribution is 5.83. The highest BCUT2D eigenvalue weighted by Gasteiger charge is 2.23. The molecule has 3 heterocycles. The smallest absolute Gasteiger partial charge is 0.145 e. The molecule has 0 atom stereocenters. The van der Waals surface area contributed by atoms with Gasteiger partial charge in [-0.3, -0.25) is 4.90 Å². The average Bonchev–Trinajstić information content (AvgIpc) is 3.08. The SMILES string of the molecule is Fc1cc(F)cc(OCCC2CCN(Cc3nc4cccc5c4n3CCO5)CC2)c1. The van der Waals surface area contributed by atoms with Crippen molar-refractivity contribution in [3.8, 4) is 11.5 Å². The summed E-state index contributed by atoms with van der Waals surface area (Å²) in [6.45, 7) is 4.90. The fraction of sp³-hybridized carbons (Fsp3) is 0.435. The molecule has 1 saturated heterocycles. The molecule has 1 aromatic heterocycles. The van der Waals surface area contributed by atoms with Gasteiger partial charge >= 0.3 is 0 Å². The van der Waals surface area contributed by atoms with Crippen LogP contribution in [-0.4, -0.2) is 40.8 Å². The Kier molecular flexibility index (Phi) is 5.29. The van der Waals surface area contributed by atoms with Crippen LogP contribution in [0.4, 0.5) is 8.78 Å². The molecule has 0 saturated carbocycles. The van der Waals surface area contributed by atoms with Gasteiger partial charge in [-0.15, -0.1) is 0 Å². The van der Waals surface area contributed by atoms with Crippen molar-refractivity contribution in [3.63, 3.8) is 0 Å². The summed E-state index contributed by atoms with van der Waals surface area (Å²) in [7, 11) is 0. The molecule has 5 rings (SSSR count). The van der Waals surface area contributed by atoms with E-state index < -0.39 is 11.6 Å². The summed E-state index contributed by atoms with van der Waals surface area (Å²) in [5.74, 6) is 1.64. The number of ether oxygens (including phenoxy) is 2. The second kappa shape index (κ2) is 8.22. The van der Waals surface area contributed by atoms with E-state index in [1.807, 2.05) is 18.2 Å². The number of rotatable bonds is 6.